The van der Waals surface area contributed by atoms with Gasteiger partial charge in [-0.1, -0.05) is 6.92 Å². The van der Waals surface area contributed by atoms with Crippen LogP contribution in [0.4, 0.5) is 4.79 Å². The van der Waals surface area contributed by atoms with Gasteiger partial charge in [-0.3, -0.25) is 4.79 Å². The molecule has 1 fully saturated rings. The largest absolute Gasteiger partial charge is 0.481 e. The van der Waals surface area contributed by atoms with Gasteiger partial charge in [0.05, 0.1) is 5.92 Å². The molecule has 1 heterocycles. The highest BCUT2D eigenvalue weighted by atomic mass is 32.2. The molecule has 1 aliphatic heterocycles. The summed E-state index contributed by atoms with van der Waals surface area (Å²) in [6, 6.07) is -0.0312. The molecule has 5 nitrogen and oxygen atoms in total. The van der Waals surface area contributed by atoms with Crippen molar-refractivity contribution in [3.8, 4) is 0 Å². The predicted molar refractivity (Wildman–Crippen MR) is 77.5 cm³/mol. The van der Waals surface area contributed by atoms with E-state index in [2.05, 4.69) is 19.2 Å². The molecule has 0 spiro atoms. The Balaban J connectivity index is 2.22. The highest BCUT2D eigenvalue weighted by Gasteiger charge is 2.29. The van der Waals surface area contributed by atoms with E-state index in [9.17, 15) is 9.59 Å². The molecule has 110 valence electrons. The van der Waals surface area contributed by atoms with Gasteiger partial charge < -0.3 is 15.3 Å². The minimum Gasteiger partial charge on any atom is -0.481 e. The van der Waals surface area contributed by atoms with Gasteiger partial charge in [0, 0.05) is 30.1 Å². The van der Waals surface area contributed by atoms with Crippen LogP contribution in [0.15, 0.2) is 0 Å². The Morgan fingerprint density at radius 3 is 2.74 bits per heavy atom. The first-order valence-electron chi connectivity index (χ1n) is 6.71. The Morgan fingerprint density at radius 2 is 2.16 bits per heavy atom. The van der Waals surface area contributed by atoms with Crippen molar-refractivity contribution in [3.05, 3.63) is 0 Å². The molecule has 1 saturated heterocycles. The van der Waals surface area contributed by atoms with Gasteiger partial charge >= 0.3 is 12.0 Å². The number of hydrogen-bond acceptors (Lipinski definition) is 3. The van der Waals surface area contributed by atoms with Gasteiger partial charge in [-0.25, -0.2) is 4.79 Å². The predicted octanol–water partition coefficient (Wildman–Crippen LogP) is 2.02. The zero-order valence-corrected chi connectivity index (χ0v) is 12.8. The van der Waals surface area contributed by atoms with E-state index in [-0.39, 0.29) is 16.7 Å². The molecule has 0 aromatic heterocycles. The molecule has 19 heavy (non-hydrogen) atoms. The summed E-state index contributed by atoms with van der Waals surface area (Å²) in [7, 11) is 0. The minimum absolute atomic E-state index is 0.0312. The number of carbonyl (C=O) groups excluding carboxylic acids is 1. The van der Waals surface area contributed by atoms with Crippen molar-refractivity contribution in [1.29, 1.82) is 0 Å². The van der Waals surface area contributed by atoms with E-state index in [1.54, 1.807) is 6.92 Å². The Labute approximate surface area is 119 Å². The lowest BCUT2D eigenvalue weighted by Crippen LogP contribution is -2.50. The Hall–Kier alpha value is -0.910. The number of nitrogens with zero attached hydrogens (tertiary/aromatic N) is 1. The summed E-state index contributed by atoms with van der Waals surface area (Å²) in [5.41, 5.74) is 0. The third-order valence-corrected chi connectivity index (χ3v) is 4.52. The summed E-state index contributed by atoms with van der Waals surface area (Å²) in [6.07, 6.45) is 1.29. The smallest absolute Gasteiger partial charge is 0.317 e. The fourth-order valence-corrected chi connectivity index (χ4v) is 3.14. The molecular formula is C13H24N2O3S. The van der Waals surface area contributed by atoms with Crippen molar-refractivity contribution in [2.24, 2.45) is 5.92 Å². The maximum atomic E-state index is 12.0. The van der Waals surface area contributed by atoms with Gasteiger partial charge in [-0.05, 0) is 26.7 Å². The van der Waals surface area contributed by atoms with Gasteiger partial charge in [-0.2, -0.15) is 11.8 Å². The summed E-state index contributed by atoms with van der Waals surface area (Å²) in [4.78, 5) is 24.4. The van der Waals surface area contributed by atoms with Crippen LogP contribution in [0.25, 0.3) is 0 Å². The van der Waals surface area contributed by atoms with E-state index in [1.807, 2.05) is 16.7 Å². The van der Waals surface area contributed by atoms with Crippen molar-refractivity contribution in [2.75, 3.05) is 25.4 Å². The van der Waals surface area contributed by atoms with Crippen LogP contribution in [0.5, 0.6) is 0 Å². The second kappa shape index (κ2) is 7.03. The number of aliphatic carboxylic acids is 1. The van der Waals surface area contributed by atoms with Crippen molar-refractivity contribution < 1.29 is 14.7 Å². The van der Waals surface area contributed by atoms with Crippen molar-refractivity contribution in [2.45, 2.75) is 38.4 Å². The quantitative estimate of drug-likeness (QED) is 0.759. The van der Waals surface area contributed by atoms with Gasteiger partial charge in [0.2, 0.25) is 0 Å². The fourth-order valence-electron chi connectivity index (χ4n) is 2.03. The van der Waals surface area contributed by atoms with Gasteiger partial charge in [-0.15, -0.1) is 0 Å². The number of rotatable bonds is 5. The molecule has 1 rings (SSSR count). The van der Waals surface area contributed by atoms with E-state index in [4.69, 9.17) is 5.11 Å². The lowest BCUT2D eigenvalue weighted by Gasteiger charge is -2.37. The summed E-state index contributed by atoms with van der Waals surface area (Å²) < 4.78 is 0.118. The SMILES string of the molecule is CC(CCCNC(=O)N1CCSC(C)(C)C1)C(=O)O. The second-order valence-electron chi connectivity index (χ2n) is 5.64. The first-order valence-corrected chi connectivity index (χ1v) is 7.70. The third kappa shape index (κ3) is 5.72. The molecule has 0 bridgehead atoms. The average molecular weight is 288 g/mol. The summed E-state index contributed by atoms with van der Waals surface area (Å²) in [6.45, 7) is 8.06. The molecule has 1 aliphatic rings. The highest BCUT2D eigenvalue weighted by Crippen LogP contribution is 2.29. The zero-order valence-electron chi connectivity index (χ0n) is 11.9. The van der Waals surface area contributed by atoms with Crippen molar-refractivity contribution >= 4 is 23.8 Å². The molecule has 1 unspecified atom stereocenters. The van der Waals surface area contributed by atoms with E-state index < -0.39 is 5.97 Å². The molecule has 1 atom stereocenters. The lowest BCUT2D eigenvalue weighted by atomic mass is 10.1. The third-order valence-electron chi connectivity index (χ3n) is 3.22. The van der Waals surface area contributed by atoms with Crippen LogP contribution in [-0.2, 0) is 4.79 Å². The van der Waals surface area contributed by atoms with Crippen LogP contribution < -0.4 is 5.32 Å². The number of thioether (sulfide) groups is 1. The molecule has 6 heteroatoms. The van der Waals surface area contributed by atoms with Crippen LogP contribution in [0, 0.1) is 5.92 Å². The summed E-state index contributed by atoms with van der Waals surface area (Å²) in [5, 5.41) is 11.6. The molecule has 0 aliphatic carbocycles. The number of urea groups is 1. The average Bonchev–Trinajstić information content (AvgIpc) is 2.32. The summed E-state index contributed by atoms with van der Waals surface area (Å²) >= 11 is 1.89. The normalized spacial score (nSPS) is 19.8. The molecule has 2 amide bonds. The number of carboxylic acids is 1. The maximum Gasteiger partial charge on any atom is 0.317 e. The maximum absolute atomic E-state index is 12.0. The monoisotopic (exact) mass is 288 g/mol. The van der Waals surface area contributed by atoms with Gasteiger partial charge in [0.15, 0.2) is 0 Å². The molecule has 0 radical (unpaired) electrons. The summed E-state index contributed by atoms with van der Waals surface area (Å²) in [5.74, 6) is -0.153. The topological polar surface area (TPSA) is 69.6 Å². The van der Waals surface area contributed by atoms with Crippen LogP contribution in [0.2, 0.25) is 0 Å². The number of carbonyl (C=O) groups is 2. The van der Waals surface area contributed by atoms with E-state index >= 15 is 0 Å². The van der Waals surface area contributed by atoms with Crippen LogP contribution >= 0.6 is 11.8 Å². The Morgan fingerprint density at radius 1 is 1.47 bits per heavy atom. The van der Waals surface area contributed by atoms with E-state index in [0.717, 1.165) is 18.8 Å². The first-order chi connectivity index (χ1) is 8.82. The Kier molecular flexibility index (Phi) is 5.97. The van der Waals surface area contributed by atoms with Crippen LogP contribution in [0.1, 0.15) is 33.6 Å². The van der Waals surface area contributed by atoms with Gasteiger partial charge in [0.25, 0.3) is 0 Å². The van der Waals surface area contributed by atoms with Crippen LogP contribution in [0.3, 0.4) is 0 Å². The zero-order chi connectivity index (χ0) is 14.5. The first kappa shape index (κ1) is 16.1. The number of hydrogen-bond donors (Lipinski definition) is 2. The molecule has 0 saturated carbocycles. The molecule has 0 aromatic carbocycles. The molecular weight excluding hydrogens is 264 g/mol. The second-order valence-corrected chi connectivity index (χ2v) is 7.45. The molecule has 2 N–H and O–H groups in total. The van der Waals surface area contributed by atoms with Gasteiger partial charge in [0.1, 0.15) is 0 Å². The van der Waals surface area contributed by atoms with E-state index in [0.29, 0.717) is 19.4 Å². The molecule has 0 aromatic rings. The van der Waals surface area contributed by atoms with E-state index in [1.165, 1.54) is 0 Å². The standard InChI is InChI=1S/C13H24N2O3S/c1-10(11(16)17)5-4-6-14-12(18)15-7-8-19-13(2,3)9-15/h10H,4-9H2,1-3H3,(H,14,18)(H,16,17). The fraction of sp³-hybridized carbons (Fsp3) is 0.846. The van der Waals surface area contributed by atoms with Crippen LogP contribution in [-0.4, -0.2) is 52.1 Å². The Bertz CT molecular complexity index is 334. The van der Waals surface area contributed by atoms with Crippen molar-refractivity contribution in [3.63, 3.8) is 0 Å². The number of amides is 2. The van der Waals surface area contributed by atoms with Crippen molar-refractivity contribution in [1.82, 2.24) is 10.2 Å². The number of nitrogens with one attached hydrogen (secondary N) is 1. The minimum atomic E-state index is -0.777. The highest BCUT2D eigenvalue weighted by molar-refractivity contribution is 8.00. The number of carboxylic acid groups (broad SMARTS) is 1. The lowest BCUT2D eigenvalue weighted by molar-refractivity contribution is -0.141.